The van der Waals surface area contributed by atoms with Crippen LogP contribution >= 0.6 is 0 Å². The molecule has 36 heteroatoms. The minimum atomic E-state index is -9.74. The van der Waals surface area contributed by atoms with Crippen LogP contribution in [0.5, 0.6) is 5.75 Å². The van der Waals surface area contributed by atoms with Crippen LogP contribution in [0.2, 0.25) is 0 Å². The maximum atomic E-state index is 14.2. The summed E-state index contributed by atoms with van der Waals surface area (Å²) in [6, 6.07) is 0.0825. The Morgan fingerprint density at radius 1 is 0.559 bits per heavy atom. The first-order valence-corrected chi connectivity index (χ1v) is 13.6. The molecular formula is C23H11F24N3O9. The Morgan fingerprint density at radius 3 is 1.17 bits per heavy atom. The third kappa shape index (κ3) is 7.35. The average Bonchev–Trinajstić information content (AvgIpc) is 3.05. The fourth-order valence-corrected chi connectivity index (χ4v) is 3.99. The molecule has 0 radical (unpaired) electrons. The van der Waals surface area contributed by atoms with Crippen molar-refractivity contribution in [1.29, 1.82) is 0 Å². The Labute approximate surface area is 304 Å². The van der Waals surface area contributed by atoms with Gasteiger partial charge in [0.2, 0.25) is 0 Å². The van der Waals surface area contributed by atoms with Gasteiger partial charge in [0.1, 0.15) is 0 Å². The molecule has 0 aliphatic carbocycles. The smallest absolute Gasteiger partial charge is 0.427 e. The van der Waals surface area contributed by atoms with Crippen LogP contribution in [0.4, 0.5) is 127 Å². The molecule has 0 amide bonds. The molecule has 0 aliphatic heterocycles. The van der Waals surface area contributed by atoms with Crippen LogP contribution in [0.25, 0.3) is 0 Å². The van der Waals surface area contributed by atoms with E-state index in [-0.39, 0.29) is 6.07 Å². The Bertz CT molecular complexity index is 1840. The monoisotopic (exact) mass is 929 g/mol. The molecular weight excluding hydrogens is 918 g/mol. The molecule has 0 heterocycles. The Kier molecular flexibility index (Phi) is 13.2. The summed E-state index contributed by atoms with van der Waals surface area (Å²) >= 11 is 0. The molecule has 0 fully saturated rings. The van der Waals surface area contributed by atoms with Gasteiger partial charge in [0.25, 0.3) is 5.75 Å². The second-order valence-corrected chi connectivity index (χ2v) is 11.4. The number of hydrogen-bond acceptors (Lipinski definition) is 9. The van der Waals surface area contributed by atoms with E-state index in [1.807, 2.05) is 0 Å². The lowest BCUT2D eigenvalue weighted by atomic mass is 9.84. The van der Waals surface area contributed by atoms with Crippen molar-refractivity contribution in [2.45, 2.75) is 91.3 Å². The van der Waals surface area contributed by atoms with Crippen LogP contribution < -0.4 is 4.74 Å². The van der Waals surface area contributed by atoms with E-state index in [9.17, 15) is 141 Å². The van der Waals surface area contributed by atoms with Gasteiger partial charge in [-0.3, -0.25) is 30.3 Å². The molecule has 340 valence electrons. The number of nitro groups is 3. The molecule has 0 aliphatic rings. The predicted octanol–water partition coefficient (Wildman–Crippen LogP) is 10.3. The summed E-state index contributed by atoms with van der Waals surface area (Å²) in [5, 5.41) is 34.2. The number of hydrogen-bond donors (Lipinski definition) is 0. The van der Waals surface area contributed by atoms with Crippen molar-refractivity contribution >= 4 is 23.2 Å². The normalized spacial score (nSPS) is 14.8. The Morgan fingerprint density at radius 2 is 0.881 bits per heavy atom. The summed E-state index contributed by atoms with van der Waals surface area (Å²) in [5.74, 6) is -104. The lowest BCUT2D eigenvalue weighted by Crippen LogP contribution is -2.78. The van der Waals surface area contributed by atoms with Crippen LogP contribution in [0.3, 0.4) is 0 Å². The number of carbonyl (C=O) groups excluding carboxylic acids is 1. The van der Waals surface area contributed by atoms with E-state index < -0.39 is 133 Å². The second-order valence-electron chi connectivity index (χ2n) is 11.4. The minimum absolute atomic E-state index is 0.0825. The summed E-state index contributed by atoms with van der Waals surface area (Å²) in [5.41, 5.74) is -7.03. The minimum Gasteiger partial charge on any atom is -0.427 e. The zero-order valence-corrected chi connectivity index (χ0v) is 27.0. The first-order valence-electron chi connectivity index (χ1n) is 13.6. The Hall–Kier alpha value is -4.99. The zero-order chi connectivity index (χ0) is 47.7. The van der Waals surface area contributed by atoms with Crippen LogP contribution in [0.15, 0.2) is 6.07 Å². The van der Waals surface area contributed by atoms with Crippen LogP contribution in [0, 0.1) is 30.3 Å². The molecule has 0 bridgehead atoms. The summed E-state index contributed by atoms with van der Waals surface area (Å²) in [7, 11) is 0. The molecule has 1 aromatic carbocycles. The van der Waals surface area contributed by atoms with E-state index >= 15 is 0 Å². The highest BCUT2D eigenvalue weighted by Crippen LogP contribution is 2.67. The number of alkyl halides is 24. The fraction of sp³-hybridized carbons (Fsp3) is 0.696. The third-order valence-corrected chi connectivity index (χ3v) is 7.29. The number of halogens is 24. The molecule has 12 nitrogen and oxygen atoms in total. The molecule has 1 aromatic rings. The SMILES string of the molecule is CC(C)c1cc([N+](=O)[O-])c([N+](=O)[O-])c(OC(=O)OCC(F)(F)C(F)(F)C(F)(F)C(F)(F)C(F)(F)C(F)(F)C(F)(F)C(F)(F)C(F)(F)C(F)(F)C(F)(F)C(F)F)c1[N+](=O)[O-]. The van der Waals surface area contributed by atoms with E-state index in [0.29, 0.717) is 0 Å². The van der Waals surface area contributed by atoms with Crippen molar-refractivity contribution in [3.63, 3.8) is 0 Å². The average molecular weight is 929 g/mol. The van der Waals surface area contributed by atoms with Crippen molar-refractivity contribution in [1.82, 2.24) is 0 Å². The molecule has 0 aromatic heterocycles. The largest absolute Gasteiger partial charge is 0.514 e. The summed E-state index contributed by atoms with van der Waals surface area (Å²) in [6.45, 7) is -2.28. The molecule has 0 atom stereocenters. The highest BCUT2D eigenvalue weighted by molar-refractivity contribution is 5.78. The van der Waals surface area contributed by atoms with Crippen LogP contribution in [-0.4, -0.2) is 99.1 Å². The standard InChI is InChI=1S/C23H11F24N3O9/c1-5(2)6-3-7(48(52)53)9(50(56)57)10(8(6)49(54)55)59-12(51)58-4-13(26,27)15(30,31)17(34,35)19(38,39)21(42,43)23(46,47)22(44,45)20(40,41)18(36,37)16(32,33)14(28,29)11(24)25/h3,5,11H,4H2,1-2H3. The molecule has 0 unspecified atom stereocenters. The summed E-state index contributed by atoms with van der Waals surface area (Å²) in [4.78, 5) is 40.7. The first kappa shape index (κ1) is 52.0. The maximum absolute atomic E-state index is 14.2. The van der Waals surface area contributed by atoms with Gasteiger partial charge < -0.3 is 9.47 Å². The van der Waals surface area contributed by atoms with Crippen LogP contribution in [0.1, 0.15) is 25.3 Å². The van der Waals surface area contributed by atoms with E-state index in [2.05, 4.69) is 9.47 Å². The molecule has 0 saturated heterocycles. The van der Waals surface area contributed by atoms with Gasteiger partial charge in [0, 0.05) is 11.6 Å². The van der Waals surface area contributed by atoms with E-state index in [1.54, 1.807) is 0 Å². The van der Waals surface area contributed by atoms with Crippen molar-refractivity contribution in [3.05, 3.63) is 42.0 Å². The highest BCUT2D eigenvalue weighted by atomic mass is 19.4. The molecule has 0 spiro atoms. The van der Waals surface area contributed by atoms with Gasteiger partial charge in [-0.1, -0.05) is 13.8 Å². The third-order valence-electron chi connectivity index (χ3n) is 7.29. The van der Waals surface area contributed by atoms with Gasteiger partial charge >= 0.3 is 94.8 Å². The van der Waals surface area contributed by atoms with E-state index in [4.69, 9.17) is 0 Å². The van der Waals surface area contributed by atoms with E-state index in [0.717, 1.165) is 13.8 Å². The number of ether oxygens (including phenoxy) is 2. The fourth-order valence-electron chi connectivity index (χ4n) is 3.99. The number of carbonyl (C=O) groups is 1. The lowest BCUT2D eigenvalue weighted by Gasteiger charge is -2.45. The summed E-state index contributed by atoms with van der Waals surface area (Å²) < 4.78 is 336. The molecule has 0 N–H and O–H groups in total. The zero-order valence-electron chi connectivity index (χ0n) is 27.0. The first-order chi connectivity index (χ1) is 25.7. The van der Waals surface area contributed by atoms with Crippen LogP contribution in [-0.2, 0) is 4.74 Å². The number of benzene rings is 1. The molecule has 59 heavy (non-hydrogen) atoms. The van der Waals surface area contributed by atoms with Crippen molar-refractivity contribution in [2.24, 2.45) is 0 Å². The van der Waals surface area contributed by atoms with Gasteiger partial charge in [-0.2, -0.15) is 96.6 Å². The van der Waals surface area contributed by atoms with Gasteiger partial charge in [-0.15, -0.1) is 0 Å². The van der Waals surface area contributed by atoms with Gasteiger partial charge in [-0.25, -0.2) is 13.6 Å². The molecule has 1 rings (SSSR count). The number of nitro benzene ring substituents is 3. The highest BCUT2D eigenvalue weighted by Gasteiger charge is 2.99. The predicted molar refractivity (Wildman–Crippen MR) is 133 cm³/mol. The molecule has 0 saturated carbocycles. The van der Waals surface area contributed by atoms with Crippen molar-refractivity contribution in [2.75, 3.05) is 6.61 Å². The number of nitrogens with zero attached hydrogens (tertiary/aromatic N) is 3. The van der Waals surface area contributed by atoms with Gasteiger partial charge in [0.15, 0.2) is 6.61 Å². The topological polar surface area (TPSA) is 165 Å². The van der Waals surface area contributed by atoms with E-state index in [1.165, 1.54) is 0 Å². The van der Waals surface area contributed by atoms with Gasteiger partial charge in [-0.05, 0) is 5.92 Å². The van der Waals surface area contributed by atoms with Gasteiger partial charge in [0.05, 0.1) is 14.8 Å². The van der Waals surface area contributed by atoms with Crippen molar-refractivity contribution in [3.8, 4) is 5.75 Å². The Balaban J connectivity index is 3.81. The number of rotatable bonds is 18. The summed E-state index contributed by atoms with van der Waals surface area (Å²) in [6.07, 6.45) is -9.74. The lowest BCUT2D eigenvalue weighted by molar-refractivity contribution is -0.476. The quantitative estimate of drug-likeness (QED) is 0.0458. The maximum Gasteiger partial charge on any atom is 0.514 e. The van der Waals surface area contributed by atoms with Crippen molar-refractivity contribution < 1.29 is 134 Å². The second kappa shape index (κ2) is 14.9.